The van der Waals surface area contributed by atoms with Gasteiger partial charge in [-0.1, -0.05) is 42.5 Å². The second kappa shape index (κ2) is 9.20. The molecule has 2 aromatic carbocycles. The molecule has 1 atom stereocenters. The fraction of sp³-hybridized carbons (Fsp3) is 0.185. The summed E-state index contributed by atoms with van der Waals surface area (Å²) in [7, 11) is 0. The number of likely N-dealkylation sites (tertiary alicyclic amines) is 1. The highest BCUT2D eigenvalue weighted by Crippen LogP contribution is 2.41. The Morgan fingerprint density at radius 2 is 1.91 bits per heavy atom. The molecule has 1 amide bonds. The molecule has 1 N–H and O–H groups in total. The van der Waals surface area contributed by atoms with E-state index in [4.69, 9.17) is 9.15 Å². The third kappa shape index (κ3) is 4.32. The van der Waals surface area contributed by atoms with Crippen molar-refractivity contribution in [2.24, 2.45) is 0 Å². The average Bonchev–Trinajstić information content (AvgIpc) is 3.41. The van der Waals surface area contributed by atoms with Crippen LogP contribution in [0.15, 0.2) is 83.5 Å². The van der Waals surface area contributed by atoms with Gasteiger partial charge in [0.1, 0.15) is 23.9 Å². The lowest BCUT2D eigenvalue weighted by Gasteiger charge is -2.25. The maximum Gasteiger partial charge on any atom is 0.296 e. The van der Waals surface area contributed by atoms with E-state index in [0.717, 1.165) is 11.1 Å². The summed E-state index contributed by atoms with van der Waals surface area (Å²) < 4.78 is 11.0. The molecule has 1 aliphatic heterocycles. The topological polar surface area (TPSA) is 80.0 Å². The molecule has 0 bridgehead atoms. The van der Waals surface area contributed by atoms with Crippen LogP contribution in [0.5, 0.6) is 5.75 Å². The summed E-state index contributed by atoms with van der Waals surface area (Å²) in [6.07, 6.45) is 3.17. The highest BCUT2D eigenvalue weighted by Gasteiger charge is 2.46. The number of aryl methyl sites for hydroxylation is 2. The summed E-state index contributed by atoms with van der Waals surface area (Å²) in [6.45, 7) is 7.87. The van der Waals surface area contributed by atoms with Gasteiger partial charge in [0.05, 0.1) is 24.4 Å². The molecule has 4 rings (SSSR count). The number of benzene rings is 2. The maximum atomic E-state index is 13.2. The van der Waals surface area contributed by atoms with E-state index in [0.29, 0.717) is 29.2 Å². The third-order valence-electron chi connectivity index (χ3n) is 5.66. The normalized spacial score (nSPS) is 17.4. The number of aliphatic hydroxyl groups is 1. The highest BCUT2D eigenvalue weighted by atomic mass is 16.5. The van der Waals surface area contributed by atoms with Gasteiger partial charge >= 0.3 is 0 Å². The first-order valence-electron chi connectivity index (χ1n) is 10.6. The van der Waals surface area contributed by atoms with Crippen LogP contribution in [0.2, 0.25) is 0 Å². The molecule has 1 aromatic heterocycles. The van der Waals surface area contributed by atoms with Crippen LogP contribution in [0.3, 0.4) is 0 Å². The zero-order valence-electron chi connectivity index (χ0n) is 18.6. The molecule has 1 fully saturated rings. The Morgan fingerprint density at radius 3 is 2.58 bits per heavy atom. The van der Waals surface area contributed by atoms with Crippen molar-refractivity contribution in [3.63, 3.8) is 0 Å². The second-order valence-corrected chi connectivity index (χ2v) is 7.99. The van der Waals surface area contributed by atoms with Crippen molar-refractivity contribution >= 4 is 17.4 Å². The molecule has 0 spiro atoms. The van der Waals surface area contributed by atoms with Crippen LogP contribution in [0.25, 0.3) is 5.76 Å². The zero-order valence-corrected chi connectivity index (χ0v) is 18.6. The smallest absolute Gasteiger partial charge is 0.296 e. The number of furan rings is 1. The van der Waals surface area contributed by atoms with Gasteiger partial charge < -0.3 is 19.2 Å². The van der Waals surface area contributed by atoms with E-state index in [1.165, 1.54) is 11.2 Å². The molecule has 2 heterocycles. The average molecular weight is 443 g/mol. The van der Waals surface area contributed by atoms with Crippen LogP contribution >= 0.6 is 0 Å². The Balaban J connectivity index is 1.84. The number of aliphatic hydroxyl groups excluding tert-OH is 1. The molecule has 168 valence electrons. The first-order chi connectivity index (χ1) is 15.9. The van der Waals surface area contributed by atoms with Gasteiger partial charge in [-0.15, -0.1) is 0 Å². The van der Waals surface area contributed by atoms with Crippen molar-refractivity contribution < 1.29 is 23.8 Å². The fourth-order valence-corrected chi connectivity index (χ4v) is 4.00. The molecule has 0 radical (unpaired) electrons. The molecule has 33 heavy (non-hydrogen) atoms. The van der Waals surface area contributed by atoms with E-state index in [-0.39, 0.29) is 17.9 Å². The van der Waals surface area contributed by atoms with Gasteiger partial charge in [0, 0.05) is 5.56 Å². The van der Waals surface area contributed by atoms with Crippen molar-refractivity contribution in [3.05, 3.63) is 107 Å². The number of hydrogen-bond acceptors (Lipinski definition) is 5. The second-order valence-electron chi connectivity index (χ2n) is 7.99. The number of ether oxygens (including phenoxy) is 1. The number of ketones is 1. The molecular weight excluding hydrogens is 418 g/mol. The Bertz CT molecular complexity index is 1220. The Kier molecular flexibility index (Phi) is 6.18. The van der Waals surface area contributed by atoms with Crippen LogP contribution in [0.4, 0.5) is 0 Å². The molecular formula is C27H25NO5. The summed E-state index contributed by atoms with van der Waals surface area (Å²) in [5.41, 5.74) is 3.01. The minimum Gasteiger partial charge on any atom is -0.507 e. The number of carbonyl (C=O) groups is 2. The van der Waals surface area contributed by atoms with Gasteiger partial charge in [0.15, 0.2) is 0 Å². The molecule has 1 unspecified atom stereocenters. The first-order valence-corrected chi connectivity index (χ1v) is 10.6. The monoisotopic (exact) mass is 443 g/mol. The number of carbonyl (C=O) groups excluding carboxylic acids is 2. The Labute approximate surface area is 192 Å². The highest BCUT2D eigenvalue weighted by molar-refractivity contribution is 6.46. The molecule has 6 nitrogen and oxygen atoms in total. The predicted molar refractivity (Wildman–Crippen MR) is 125 cm³/mol. The zero-order chi connectivity index (χ0) is 23.5. The van der Waals surface area contributed by atoms with Crippen LogP contribution in [0.1, 0.15) is 34.1 Å². The van der Waals surface area contributed by atoms with Crippen molar-refractivity contribution in [3.8, 4) is 5.75 Å². The lowest BCUT2D eigenvalue weighted by Crippen LogP contribution is -2.29. The molecule has 1 aliphatic rings. The van der Waals surface area contributed by atoms with Crippen LogP contribution < -0.4 is 4.74 Å². The van der Waals surface area contributed by atoms with E-state index in [9.17, 15) is 14.7 Å². The van der Waals surface area contributed by atoms with Crippen molar-refractivity contribution in [1.29, 1.82) is 0 Å². The van der Waals surface area contributed by atoms with Gasteiger partial charge in [0.25, 0.3) is 11.7 Å². The van der Waals surface area contributed by atoms with Gasteiger partial charge in [-0.25, -0.2) is 0 Å². The minimum absolute atomic E-state index is 0.0556. The lowest BCUT2D eigenvalue weighted by molar-refractivity contribution is -0.140. The van der Waals surface area contributed by atoms with Crippen molar-refractivity contribution in [1.82, 2.24) is 4.90 Å². The van der Waals surface area contributed by atoms with Crippen molar-refractivity contribution in [2.75, 3.05) is 6.61 Å². The van der Waals surface area contributed by atoms with E-state index < -0.39 is 17.7 Å². The molecule has 0 saturated carbocycles. The Morgan fingerprint density at radius 1 is 1.15 bits per heavy atom. The third-order valence-corrected chi connectivity index (χ3v) is 5.66. The standard InChI is InChI=1S/C27H25NO5/c1-4-13-32-20-11-9-19(10-12-20)24-23(25(29)22-15-17(2)7-8-18(22)3)26(30)27(31)28(24)16-21-6-5-14-33-21/h4-12,14-15,24,29H,1,13,16H2,2-3H3. The van der Waals surface area contributed by atoms with Gasteiger partial charge in [-0.3, -0.25) is 9.59 Å². The van der Waals surface area contributed by atoms with Crippen LogP contribution in [-0.2, 0) is 16.1 Å². The van der Waals surface area contributed by atoms with E-state index in [2.05, 4.69) is 6.58 Å². The van der Waals surface area contributed by atoms with Gasteiger partial charge in [0.2, 0.25) is 0 Å². The first kappa shape index (κ1) is 22.1. The van der Waals surface area contributed by atoms with Crippen LogP contribution in [-0.4, -0.2) is 28.3 Å². The van der Waals surface area contributed by atoms with Crippen molar-refractivity contribution in [2.45, 2.75) is 26.4 Å². The molecule has 1 saturated heterocycles. The molecule has 3 aromatic rings. The summed E-state index contributed by atoms with van der Waals surface area (Å²) in [6, 6.07) is 15.4. The number of amides is 1. The van der Waals surface area contributed by atoms with Crippen LogP contribution in [0, 0.1) is 13.8 Å². The Hall–Kier alpha value is -4.06. The quantitative estimate of drug-likeness (QED) is 0.238. The summed E-state index contributed by atoms with van der Waals surface area (Å²) in [5, 5.41) is 11.3. The molecule has 6 heteroatoms. The SMILES string of the molecule is C=CCOc1ccc(C2C(=C(O)c3cc(C)ccc3C)C(=O)C(=O)N2Cc2ccco2)cc1. The van der Waals surface area contributed by atoms with E-state index >= 15 is 0 Å². The maximum absolute atomic E-state index is 13.2. The summed E-state index contributed by atoms with van der Waals surface area (Å²) in [4.78, 5) is 27.7. The summed E-state index contributed by atoms with van der Waals surface area (Å²) >= 11 is 0. The van der Waals surface area contributed by atoms with E-state index in [1.54, 1.807) is 42.5 Å². The summed E-state index contributed by atoms with van der Waals surface area (Å²) in [5.74, 6) is -0.420. The number of rotatable bonds is 7. The number of Topliss-reactive ketones (excluding diaryl/α,β-unsaturated/α-hetero) is 1. The van der Waals surface area contributed by atoms with Gasteiger partial charge in [-0.2, -0.15) is 0 Å². The molecule has 0 aliphatic carbocycles. The predicted octanol–water partition coefficient (Wildman–Crippen LogP) is 5.08. The number of nitrogens with zero attached hydrogens (tertiary/aromatic N) is 1. The lowest BCUT2D eigenvalue weighted by atomic mass is 9.93. The fourth-order valence-electron chi connectivity index (χ4n) is 4.00. The van der Waals surface area contributed by atoms with Gasteiger partial charge in [-0.05, 0) is 55.3 Å². The minimum atomic E-state index is -0.775. The van der Waals surface area contributed by atoms with E-state index in [1.807, 2.05) is 32.0 Å². The largest absolute Gasteiger partial charge is 0.507 e. The number of hydrogen-bond donors (Lipinski definition) is 1.